The zero-order valence-corrected chi connectivity index (χ0v) is 17.6. The summed E-state index contributed by atoms with van der Waals surface area (Å²) in [5.41, 5.74) is 0.515. The van der Waals surface area contributed by atoms with Crippen LogP contribution in [-0.4, -0.2) is 77.8 Å². The number of aliphatic hydroxyl groups excluding tert-OH is 1. The van der Waals surface area contributed by atoms with Crippen molar-refractivity contribution >= 4 is 23.2 Å². The highest BCUT2D eigenvalue weighted by atomic mass is 35.5. The monoisotopic (exact) mass is 440 g/mol. The smallest absolute Gasteiger partial charge is 0.277 e. The Hall–Kier alpha value is -2.04. The Kier molecular flexibility index (Phi) is 8.17. The van der Waals surface area contributed by atoms with E-state index in [1.54, 1.807) is 0 Å². The maximum absolute atomic E-state index is 13.2. The minimum Gasteiger partial charge on any atom is -0.447 e. The minimum atomic E-state index is -0.553. The number of hydrogen-bond acceptors (Lipinski definition) is 7. The molecular weight excluding hydrogens is 415 g/mol. The summed E-state index contributed by atoms with van der Waals surface area (Å²) >= 11 is 5.73. The van der Waals surface area contributed by atoms with Crippen molar-refractivity contribution in [2.24, 2.45) is 0 Å². The normalized spacial score (nSPS) is 16.5. The van der Waals surface area contributed by atoms with E-state index >= 15 is 0 Å². The molecule has 2 aromatic rings. The van der Waals surface area contributed by atoms with Gasteiger partial charge in [0, 0.05) is 45.0 Å². The fourth-order valence-electron chi connectivity index (χ4n) is 3.18. The van der Waals surface area contributed by atoms with Gasteiger partial charge < -0.3 is 19.6 Å². The lowest BCUT2D eigenvalue weighted by Gasteiger charge is -2.34. The maximum Gasteiger partial charge on any atom is 0.277 e. The van der Waals surface area contributed by atoms with Crippen LogP contribution >= 0.6 is 11.6 Å². The van der Waals surface area contributed by atoms with Gasteiger partial charge in [0.15, 0.2) is 5.69 Å². The predicted molar refractivity (Wildman–Crippen MR) is 110 cm³/mol. The molecule has 1 aromatic heterocycles. The highest BCUT2D eigenvalue weighted by Crippen LogP contribution is 2.20. The number of aliphatic hydroxyl groups is 1. The largest absolute Gasteiger partial charge is 0.447 e. The van der Waals surface area contributed by atoms with E-state index in [1.165, 1.54) is 24.5 Å². The van der Waals surface area contributed by atoms with E-state index in [4.69, 9.17) is 20.8 Å². The van der Waals surface area contributed by atoms with E-state index in [0.717, 1.165) is 26.2 Å². The Morgan fingerprint density at radius 2 is 2.10 bits per heavy atom. The van der Waals surface area contributed by atoms with E-state index in [9.17, 15) is 14.3 Å². The average Bonchev–Trinajstić information content (AvgIpc) is 3.19. The van der Waals surface area contributed by atoms with E-state index in [1.807, 2.05) is 6.92 Å². The first kappa shape index (κ1) is 22.6. The number of hydrogen-bond donors (Lipinski definition) is 2. The second-order valence-electron chi connectivity index (χ2n) is 7.10. The number of aromatic nitrogens is 1. The lowest BCUT2D eigenvalue weighted by atomic mass is 10.2. The molecule has 0 aliphatic carbocycles. The molecule has 3 rings (SSSR count). The van der Waals surface area contributed by atoms with Crippen molar-refractivity contribution in [2.75, 3.05) is 51.3 Å². The summed E-state index contributed by atoms with van der Waals surface area (Å²) in [4.78, 5) is 20.9. The van der Waals surface area contributed by atoms with Crippen LogP contribution in [0.3, 0.4) is 0 Å². The third-order valence-corrected chi connectivity index (χ3v) is 5.06. The minimum absolute atomic E-state index is 0.0711. The molecule has 8 nitrogen and oxygen atoms in total. The molecule has 1 aliphatic heterocycles. The van der Waals surface area contributed by atoms with Crippen LogP contribution < -0.4 is 5.32 Å². The summed E-state index contributed by atoms with van der Waals surface area (Å²) in [6.07, 6.45) is 0.816. The van der Waals surface area contributed by atoms with Gasteiger partial charge in [-0.25, -0.2) is 9.37 Å². The summed E-state index contributed by atoms with van der Waals surface area (Å²) < 4.78 is 23.9. The van der Waals surface area contributed by atoms with Crippen molar-refractivity contribution in [2.45, 2.75) is 19.6 Å². The second-order valence-corrected chi connectivity index (χ2v) is 7.51. The van der Waals surface area contributed by atoms with Gasteiger partial charge in [-0.05, 0) is 25.1 Å². The first-order valence-corrected chi connectivity index (χ1v) is 10.2. The SMILES string of the molecule is CCOCC(O)CN1CCN(Cc2nc(C(=O)Nc3ccc(F)c(Cl)c3)co2)CC1. The number of β-amino-alcohol motifs (C(OH)–C–C–N with tert-alkyl or cyclic N) is 1. The Labute approximate surface area is 179 Å². The molecule has 1 atom stereocenters. The molecule has 1 aromatic carbocycles. The summed E-state index contributed by atoms with van der Waals surface area (Å²) in [5, 5.41) is 12.5. The third kappa shape index (κ3) is 6.48. The van der Waals surface area contributed by atoms with Crippen LogP contribution in [0.4, 0.5) is 10.1 Å². The molecule has 30 heavy (non-hydrogen) atoms. The molecule has 1 aliphatic rings. The number of carbonyl (C=O) groups excluding carboxylic acids is 1. The number of piperazine rings is 1. The van der Waals surface area contributed by atoms with Gasteiger partial charge in [-0.15, -0.1) is 0 Å². The van der Waals surface area contributed by atoms with Crippen molar-refractivity contribution in [1.82, 2.24) is 14.8 Å². The highest BCUT2D eigenvalue weighted by molar-refractivity contribution is 6.31. The predicted octanol–water partition coefficient (Wildman–Crippen LogP) is 2.23. The van der Waals surface area contributed by atoms with E-state index in [0.29, 0.717) is 37.9 Å². The van der Waals surface area contributed by atoms with Gasteiger partial charge in [0.1, 0.15) is 12.1 Å². The lowest BCUT2D eigenvalue weighted by Crippen LogP contribution is -2.48. The number of rotatable bonds is 9. The first-order valence-electron chi connectivity index (χ1n) is 9.86. The number of oxazole rings is 1. The Morgan fingerprint density at radius 3 is 2.80 bits per heavy atom. The fraction of sp³-hybridized carbons (Fsp3) is 0.500. The zero-order chi connectivity index (χ0) is 21.5. The molecule has 164 valence electrons. The fourth-order valence-corrected chi connectivity index (χ4v) is 3.36. The van der Waals surface area contributed by atoms with Crippen LogP contribution in [0.1, 0.15) is 23.3 Å². The first-order chi connectivity index (χ1) is 14.4. The molecule has 2 heterocycles. The molecule has 0 spiro atoms. The molecule has 2 N–H and O–H groups in total. The van der Waals surface area contributed by atoms with Crippen molar-refractivity contribution in [3.8, 4) is 0 Å². The van der Waals surface area contributed by atoms with Gasteiger partial charge in [-0.3, -0.25) is 14.6 Å². The van der Waals surface area contributed by atoms with E-state index < -0.39 is 17.8 Å². The summed E-state index contributed by atoms with van der Waals surface area (Å²) in [6, 6.07) is 3.94. The van der Waals surface area contributed by atoms with Gasteiger partial charge in [-0.1, -0.05) is 11.6 Å². The van der Waals surface area contributed by atoms with Gasteiger partial charge >= 0.3 is 0 Å². The zero-order valence-electron chi connectivity index (χ0n) is 16.8. The molecule has 0 radical (unpaired) electrons. The summed E-state index contributed by atoms with van der Waals surface area (Å²) in [7, 11) is 0. The molecule has 10 heteroatoms. The number of nitrogens with zero attached hydrogens (tertiary/aromatic N) is 3. The van der Waals surface area contributed by atoms with Crippen molar-refractivity contribution in [3.63, 3.8) is 0 Å². The number of anilines is 1. The lowest BCUT2D eigenvalue weighted by molar-refractivity contribution is 0.00949. The third-order valence-electron chi connectivity index (χ3n) is 4.77. The van der Waals surface area contributed by atoms with Crippen LogP contribution in [0.25, 0.3) is 0 Å². The van der Waals surface area contributed by atoms with Crippen LogP contribution in [0, 0.1) is 5.82 Å². The quantitative estimate of drug-likeness (QED) is 0.617. The van der Waals surface area contributed by atoms with Crippen molar-refractivity contribution in [3.05, 3.63) is 46.9 Å². The molecular formula is C20H26ClFN4O4. The van der Waals surface area contributed by atoms with Crippen molar-refractivity contribution in [1.29, 1.82) is 0 Å². The number of benzene rings is 1. The Morgan fingerprint density at radius 1 is 1.37 bits per heavy atom. The molecule has 0 saturated carbocycles. The molecule has 1 unspecified atom stereocenters. The number of amides is 1. The standard InChI is InChI=1S/C20H26ClFN4O4/c1-2-29-12-15(27)10-25-5-7-26(8-6-25)11-19-24-18(13-30-19)20(28)23-14-3-4-17(22)16(21)9-14/h3-4,9,13,15,27H,2,5-8,10-12H2,1H3,(H,23,28). The second kappa shape index (κ2) is 10.8. The van der Waals surface area contributed by atoms with Crippen molar-refractivity contribution < 1.29 is 23.4 Å². The number of nitrogens with one attached hydrogen (secondary N) is 1. The number of halogens is 2. The highest BCUT2D eigenvalue weighted by Gasteiger charge is 2.21. The van der Waals surface area contributed by atoms with Crippen LogP contribution in [-0.2, 0) is 11.3 Å². The van der Waals surface area contributed by atoms with Gasteiger partial charge in [0.05, 0.1) is 24.3 Å². The molecule has 0 bridgehead atoms. The summed E-state index contributed by atoms with van der Waals surface area (Å²) in [6.45, 7) is 7.18. The van der Waals surface area contributed by atoms with Crippen LogP contribution in [0.5, 0.6) is 0 Å². The molecule has 1 amide bonds. The van der Waals surface area contributed by atoms with E-state index in [-0.39, 0.29) is 10.7 Å². The molecule has 1 fully saturated rings. The Bertz CT molecular complexity index is 842. The van der Waals surface area contributed by atoms with Gasteiger partial charge in [-0.2, -0.15) is 0 Å². The number of ether oxygens (including phenoxy) is 1. The van der Waals surface area contributed by atoms with Gasteiger partial charge in [0.2, 0.25) is 5.89 Å². The van der Waals surface area contributed by atoms with Gasteiger partial charge in [0.25, 0.3) is 5.91 Å². The summed E-state index contributed by atoms with van der Waals surface area (Å²) in [5.74, 6) is -0.565. The average molecular weight is 441 g/mol. The van der Waals surface area contributed by atoms with Crippen LogP contribution in [0.15, 0.2) is 28.9 Å². The van der Waals surface area contributed by atoms with E-state index in [2.05, 4.69) is 20.1 Å². The van der Waals surface area contributed by atoms with Crippen LogP contribution in [0.2, 0.25) is 5.02 Å². The Balaban J connectivity index is 1.45. The number of carbonyl (C=O) groups is 1. The maximum atomic E-state index is 13.2. The molecule has 1 saturated heterocycles. The topological polar surface area (TPSA) is 91.1 Å².